The maximum Gasteiger partial charge on any atom is 0.335 e. The summed E-state index contributed by atoms with van der Waals surface area (Å²) in [6.07, 6.45) is 2.57. The number of anilines is 2. The van der Waals surface area contributed by atoms with Crippen LogP contribution in [0.5, 0.6) is 0 Å². The van der Waals surface area contributed by atoms with Crippen LogP contribution in [0.3, 0.4) is 0 Å². The van der Waals surface area contributed by atoms with Gasteiger partial charge in [0.2, 0.25) is 0 Å². The van der Waals surface area contributed by atoms with Crippen molar-refractivity contribution in [3.05, 3.63) is 48.2 Å². The minimum atomic E-state index is -3.39. The van der Waals surface area contributed by atoms with Gasteiger partial charge in [-0.2, -0.15) is 0 Å². The molecule has 1 aromatic heterocycles. The predicted octanol–water partition coefficient (Wildman–Crippen LogP) is 1.93. The van der Waals surface area contributed by atoms with Gasteiger partial charge < -0.3 is 10.4 Å². The van der Waals surface area contributed by atoms with Crippen molar-refractivity contribution in [1.29, 1.82) is 0 Å². The van der Waals surface area contributed by atoms with Crippen molar-refractivity contribution in [1.82, 2.24) is 4.98 Å². The molecular formula is C13H12N2O4S. The summed E-state index contributed by atoms with van der Waals surface area (Å²) in [5.74, 6) is -0.815. The fraction of sp³-hybridized carbons (Fsp3) is 0.0769. The first-order valence-electron chi connectivity index (χ1n) is 5.63. The number of hydrogen-bond donors (Lipinski definition) is 2. The average molecular weight is 292 g/mol. The Labute approximate surface area is 116 Å². The van der Waals surface area contributed by atoms with Crippen LogP contribution in [-0.4, -0.2) is 30.7 Å². The van der Waals surface area contributed by atoms with Gasteiger partial charge in [-0.05, 0) is 36.4 Å². The lowest BCUT2D eigenvalue weighted by atomic mass is 10.2. The standard InChI is InChI=1S/C13H12N2O4S/c1-20(18,19)11-3-2-8-14-12(11)15-10-6-4-9(5-7-10)13(16)17/h2-8H,1H3,(H,14,15)(H,16,17). The van der Waals surface area contributed by atoms with Crippen LogP contribution in [0, 0.1) is 0 Å². The molecule has 104 valence electrons. The second-order valence-corrected chi connectivity index (χ2v) is 6.11. The molecule has 2 aromatic rings. The maximum absolute atomic E-state index is 11.6. The lowest BCUT2D eigenvalue weighted by Gasteiger charge is -2.09. The summed E-state index contributed by atoms with van der Waals surface area (Å²) >= 11 is 0. The molecule has 0 fully saturated rings. The Bertz CT molecular complexity index is 739. The molecule has 20 heavy (non-hydrogen) atoms. The lowest BCUT2D eigenvalue weighted by Crippen LogP contribution is -2.04. The highest BCUT2D eigenvalue weighted by atomic mass is 32.2. The third-order valence-corrected chi connectivity index (χ3v) is 3.69. The molecule has 2 rings (SSSR count). The van der Waals surface area contributed by atoms with E-state index in [0.29, 0.717) is 5.69 Å². The number of carboxylic acid groups (broad SMARTS) is 1. The van der Waals surface area contributed by atoms with Crippen molar-refractivity contribution in [2.75, 3.05) is 11.6 Å². The molecule has 2 N–H and O–H groups in total. The summed E-state index contributed by atoms with van der Waals surface area (Å²) in [5.41, 5.74) is 0.707. The number of aromatic nitrogens is 1. The topological polar surface area (TPSA) is 96.4 Å². The minimum Gasteiger partial charge on any atom is -0.478 e. The molecular weight excluding hydrogens is 280 g/mol. The number of carboxylic acids is 1. The third kappa shape index (κ3) is 3.12. The summed E-state index contributed by atoms with van der Waals surface area (Å²) < 4.78 is 23.3. The van der Waals surface area contributed by atoms with E-state index in [1.54, 1.807) is 12.1 Å². The van der Waals surface area contributed by atoms with Crippen molar-refractivity contribution in [3.8, 4) is 0 Å². The number of carbonyl (C=O) groups is 1. The molecule has 6 nitrogen and oxygen atoms in total. The Morgan fingerprint density at radius 3 is 2.40 bits per heavy atom. The fourth-order valence-corrected chi connectivity index (χ4v) is 2.40. The van der Waals surface area contributed by atoms with Crippen LogP contribution in [0.15, 0.2) is 47.5 Å². The number of nitrogens with one attached hydrogen (secondary N) is 1. The molecule has 0 spiro atoms. The van der Waals surface area contributed by atoms with E-state index in [9.17, 15) is 13.2 Å². The van der Waals surface area contributed by atoms with Gasteiger partial charge in [-0.25, -0.2) is 18.2 Å². The van der Waals surface area contributed by atoms with Crippen LogP contribution in [0.2, 0.25) is 0 Å². The van der Waals surface area contributed by atoms with Crippen molar-refractivity contribution < 1.29 is 18.3 Å². The average Bonchev–Trinajstić information content (AvgIpc) is 2.38. The van der Waals surface area contributed by atoms with Gasteiger partial charge >= 0.3 is 5.97 Å². The quantitative estimate of drug-likeness (QED) is 0.893. The van der Waals surface area contributed by atoms with Crippen molar-refractivity contribution in [2.24, 2.45) is 0 Å². The Balaban J connectivity index is 2.33. The number of sulfone groups is 1. The van der Waals surface area contributed by atoms with Gasteiger partial charge in [0, 0.05) is 18.1 Å². The molecule has 0 atom stereocenters. The molecule has 0 bridgehead atoms. The van der Waals surface area contributed by atoms with Gasteiger partial charge in [-0.3, -0.25) is 0 Å². The molecule has 0 unspecified atom stereocenters. The monoisotopic (exact) mass is 292 g/mol. The molecule has 0 aliphatic rings. The zero-order valence-corrected chi connectivity index (χ0v) is 11.4. The van der Waals surface area contributed by atoms with E-state index in [2.05, 4.69) is 10.3 Å². The van der Waals surface area contributed by atoms with E-state index in [1.165, 1.54) is 30.5 Å². The van der Waals surface area contributed by atoms with E-state index >= 15 is 0 Å². The first-order valence-corrected chi connectivity index (χ1v) is 7.52. The summed E-state index contributed by atoms with van der Waals surface area (Å²) in [6.45, 7) is 0. The first-order chi connectivity index (χ1) is 9.38. The van der Waals surface area contributed by atoms with Crippen LogP contribution in [-0.2, 0) is 9.84 Å². The summed E-state index contributed by atoms with van der Waals surface area (Å²) in [6, 6.07) is 8.93. The highest BCUT2D eigenvalue weighted by Gasteiger charge is 2.14. The Hall–Kier alpha value is -2.41. The molecule has 0 saturated carbocycles. The van der Waals surface area contributed by atoms with Gasteiger partial charge in [0.15, 0.2) is 9.84 Å². The smallest absolute Gasteiger partial charge is 0.335 e. The van der Waals surface area contributed by atoms with Gasteiger partial charge in [0.05, 0.1) is 5.56 Å². The highest BCUT2D eigenvalue weighted by Crippen LogP contribution is 2.22. The Morgan fingerprint density at radius 2 is 1.85 bits per heavy atom. The predicted molar refractivity (Wildman–Crippen MR) is 74.0 cm³/mol. The van der Waals surface area contributed by atoms with E-state index in [1.807, 2.05) is 0 Å². The molecule has 0 aliphatic carbocycles. The number of aromatic carboxylic acids is 1. The second kappa shape index (κ2) is 5.30. The number of hydrogen-bond acceptors (Lipinski definition) is 5. The van der Waals surface area contributed by atoms with Crippen molar-refractivity contribution >= 4 is 27.3 Å². The molecule has 0 saturated heterocycles. The molecule has 7 heteroatoms. The maximum atomic E-state index is 11.6. The Kier molecular flexibility index (Phi) is 3.71. The number of benzene rings is 1. The molecule has 1 heterocycles. The SMILES string of the molecule is CS(=O)(=O)c1cccnc1Nc1ccc(C(=O)O)cc1. The largest absolute Gasteiger partial charge is 0.478 e. The summed E-state index contributed by atoms with van der Waals surface area (Å²) in [7, 11) is -3.39. The minimum absolute atomic E-state index is 0.0855. The van der Waals surface area contributed by atoms with E-state index in [4.69, 9.17) is 5.11 Å². The zero-order chi connectivity index (χ0) is 14.8. The number of rotatable bonds is 4. The van der Waals surface area contributed by atoms with Crippen LogP contribution in [0.4, 0.5) is 11.5 Å². The van der Waals surface area contributed by atoms with Crippen LogP contribution < -0.4 is 5.32 Å². The normalized spacial score (nSPS) is 11.1. The summed E-state index contributed by atoms with van der Waals surface area (Å²) in [5, 5.41) is 11.7. The lowest BCUT2D eigenvalue weighted by molar-refractivity contribution is 0.0697. The first kappa shape index (κ1) is 14.0. The number of nitrogens with zero attached hydrogens (tertiary/aromatic N) is 1. The summed E-state index contributed by atoms with van der Waals surface area (Å²) in [4.78, 5) is 14.8. The van der Waals surface area contributed by atoms with Crippen LogP contribution in [0.25, 0.3) is 0 Å². The van der Waals surface area contributed by atoms with E-state index < -0.39 is 15.8 Å². The zero-order valence-electron chi connectivity index (χ0n) is 10.6. The van der Waals surface area contributed by atoms with Gasteiger partial charge in [-0.15, -0.1) is 0 Å². The third-order valence-electron chi connectivity index (χ3n) is 2.56. The Morgan fingerprint density at radius 1 is 1.20 bits per heavy atom. The van der Waals surface area contributed by atoms with Gasteiger partial charge in [0.1, 0.15) is 10.7 Å². The van der Waals surface area contributed by atoms with Crippen molar-refractivity contribution in [3.63, 3.8) is 0 Å². The molecule has 0 amide bonds. The fourth-order valence-electron chi connectivity index (χ4n) is 1.62. The molecule has 0 radical (unpaired) electrons. The number of pyridine rings is 1. The molecule has 1 aromatic carbocycles. The highest BCUT2D eigenvalue weighted by molar-refractivity contribution is 7.90. The molecule has 0 aliphatic heterocycles. The van der Waals surface area contributed by atoms with Crippen LogP contribution >= 0.6 is 0 Å². The van der Waals surface area contributed by atoms with E-state index in [0.717, 1.165) is 6.26 Å². The van der Waals surface area contributed by atoms with Gasteiger partial charge in [-0.1, -0.05) is 0 Å². The van der Waals surface area contributed by atoms with Gasteiger partial charge in [0.25, 0.3) is 0 Å². The van der Waals surface area contributed by atoms with Crippen molar-refractivity contribution in [2.45, 2.75) is 4.90 Å². The second-order valence-electron chi connectivity index (χ2n) is 4.13. The van der Waals surface area contributed by atoms with E-state index in [-0.39, 0.29) is 16.3 Å². The van der Waals surface area contributed by atoms with Crippen LogP contribution in [0.1, 0.15) is 10.4 Å².